The van der Waals surface area contributed by atoms with Crippen LogP contribution in [0.4, 0.5) is 5.69 Å². The monoisotopic (exact) mass is 405 g/mol. The van der Waals surface area contributed by atoms with Crippen molar-refractivity contribution in [1.82, 2.24) is 15.0 Å². The summed E-state index contributed by atoms with van der Waals surface area (Å²) >= 11 is 0. The van der Waals surface area contributed by atoms with Gasteiger partial charge < -0.3 is 9.64 Å². The molecule has 0 bridgehead atoms. The molecule has 152 valence electrons. The van der Waals surface area contributed by atoms with E-state index < -0.39 is 18.5 Å². The van der Waals surface area contributed by atoms with Crippen LogP contribution in [-0.2, 0) is 20.9 Å². The van der Waals surface area contributed by atoms with E-state index in [4.69, 9.17) is 10.00 Å². The van der Waals surface area contributed by atoms with Gasteiger partial charge in [0.1, 0.15) is 5.52 Å². The first kappa shape index (κ1) is 20.7. The third-order valence-corrected chi connectivity index (χ3v) is 4.33. The van der Waals surface area contributed by atoms with E-state index in [1.54, 1.807) is 48.5 Å². The molecular weight excluding hydrogens is 386 g/mol. The largest absolute Gasteiger partial charge is 0.455 e. The minimum Gasteiger partial charge on any atom is -0.455 e. The smallest absolute Gasteiger partial charge is 0.308 e. The van der Waals surface area contributed by atoms with Crippen LogP contribution < -0.4 is 10.5 Å². The molecule has 0 atom stereocenters. The summed E-state index contributed by atoms with van der Waals surface area (Å²) < 4.78 is 6.15. The molecule has 0 spiro atoms. The van der Waals surface area contributed by atoms with Crippen LogP contribution in [0.3, 0.4) is 0 Å². The molecule has 1 amide bonds. The number of rotatable bonds is 8. The van der Waals surface area contributed by atoms with Gasteiger partial charge in [-0.15, -0.1) is 5.10 Å². The van der Waals surface area contributed by atoms with Crippen LogP contribution in [0.1, 0.15) is 12.8 Å². The summed E-state index contributed by atoms with van der Waals surface area (Å²) in [4.78, 5) is 38.3. The van der Waals surface area contributed by atoms with Crippen LogP contribution in [0.15, 0.2) is 59.4 Å². The summed E-state index contributed by atoms with van der Waals surface area (Å²) in [6.45, 7) is -0.281. The minimum absolute atomic E-state index is 0.0134. The number of anilines is 1. The zero-order chi connectivity index (χ0) is 21.3. The number of carbonyl (C=O) groups excluding carboxylic acids is 2. The first-order valence-corrected chi connectivity index (χ1v) is 9.30. The van der Waals surface area contributed by atoms with E-state index in [9.17, 15) is 14.4 Å². The van der Waals surface area contributed by atoms with Crippen LogP contribution in [0.25, 0.3) is 10.9 Å². The summed E-state index contributed by atoms with van der Waals surface area (Å²) in [6, 6.07) is 17.6. The highest BCUT2D eigenvalue weighted by Gasteiger charge is 2.17. The summed E-state index contributed by atoms with van der Waals surface area (Å²) in [7, 11) is 0. The molecule has 3 aromatic rings. The number of nitriles is 1. The molecule has 0 saturated carbocycles. The van der Waals surface area contributed by atoms with Crippen molar-refractivity contribution in [3.05, 3.63) is 65.0 Å². The van der Waals surface area contributed by atoms with Crippen molar-refractivity contribution >= 4 is 28.5 Å². The third-order valence-electron chi connectivity index (χ3n) is 4.33. The van der Waals surface area contributed by atoms with Crippen LogP contribution in [-0.4, -0.2) is 40.0 Å². The Balaban J connectivity index is 1.57. The van der Waals surface area contributed by atoms with Crippen LogP contribution >= 0.6 is 0 Å². The fourth-order valence-corrected chi connectivity index (χ4v) is 2.83. The van der Waals surface area contributed by atoms with Crippen molar-refractivity contribution in [1.29, 1.82) is 5.26 Å². The second kappa shape index (κ2) is 9.93. The highest BCUT2D eigenvalue weighted by Crippen LogP contribution is 2.14. The maximum Gasteiger partial charge on any atom is 0.308 e. The maximum absolute atomic E-state index is 12.5. The number of ether oxygens (including phenoxy) is 1. The Kier molecular flexibility index (Phi) is 6.84. The Morgan fingerprint density at radius 3 is 2.60 bits per heavy atom. The fraction of sp³-hybridized carbons (Fsp3) is 0.238. The zero-order valence-electron chi connectivity index (χ0n) is 16.1. The van der Waals surface area contributed by atoms with Gasteiger partial charge in [0.05, 0.1) is 30.8 Å². The highest BCUT2D eigenvalue weighted by molar-refractivity contribution is 5.95. The number of carbonyl (C=O) groups is 2. The SMILES string of the molecule is N#CCCN(C(=O)COC(=O)CCn1nnc2ccccc2c1=O)c1ccccc1. The lowest BCUT2D eigenvalue weighted by atomic mass is 10.2. The van der Waals surface area contributed by atoms with Gasteiger partial charge in [0.2, 0.25) is 0 Å². The van der Waals surface area contributed by atoms with Gasteiger partial charge in [-0.25, -0.2) is 4.68 Å². The van der Waals surface area contributed by atoms with E-state index >= 15 is 0 Å². The number of amides is 1. The molecular formula is C21H19N5O4. The molecule has 0 saturated heterocycles. The van der Waals surface area contributed by atoms with Crippen LogP contribution in [0.2, 0.25) is 0 Å². The van der Waals surface area contributed by atoms with Crippen molar-refractivity contribution in [3.8, 4) is 6.07 Å². The van der Waals surface area contributed by atoms with E-state index in [0.29, 0.717) is 16.6 Å². The molecule has 9 nitrogen and oxygen atoms in total. The highest BCUT2D eigenvalue weighted by atomic mass is 16.5. The van der Waals surface area contributed by atoms with Gasteiger partial charge in [-0.1, -0.05) is 35.5 Å². The number of esters is 1. The summed E-state index contributed by atoms with van der Waals surface area (Å²) in [6.07, 6.45) is 0.0157. The normalized spacial score (nSPS) is 10.4. The van der Waals surface area contributed by atoms with Crippen molar-refractivity contribution in [3.63, 3.8) is 0 Å². The molecule has 0 aliphatic carbocycles. The molecule has 0 N–H and O–H groups in total. The number of nitrogens with zero attached hydrogens (tertiary/aromatic N) is 5. The Labute approximate surface area is 172 Å². The molecule has 0 unspecified atom stereocenters. The van der Waals surface area contributed by atoms with Crippen molar-refractivity contribution in [2.45, 2.75) is 19.4 Å². The van der Waals surface area contributed by atoms with Gasteiger partial charge in [-0.05, 0) is 24.3 Å². The Hall–Kier alpha value is -4.06. The standard InChI is InChI=1S/C21H19N5O4/c22-12-6-13-25(16-7-2-1-3-8-16)19(27)15-30-20(28)11-14-26-21(29)17-9-4-5-10-18(17)23-24-26/h1-5,7-10H,6,11,13-15H2. The van der Waals surface area contributed by atoms with Gasteiger partial charge in [0.15, 0.2) is 6.61 Å². The quantitative estimate of drug-likeness (QED) is 0.523. The van der Waals surface area contributed by atoms with Crippen LogP contribution in [0.5, 0.6) is 0 Å². The van der Waals surface area contributed by atoms with E-state index in [2.05, 4.69) is 10.3 Å². The van der Waals surface area contributed by atoms with E-state index in [1.165, 1.54) is 4.90 Å². The lowest BCUT2D eigenvalue weighted by Gasteiger charge is -2.21. The zero-order valence-corrected chi connectivity index (χ0v) is 16.1. The molecule has 3 rings (SSSR count). The first-order chi connectivity index (χ1) is 14.6. The second-order valence-corrected chi connectivity index (χ2v) is 6.33. The van der Waals surface area contributed by atoms with Gasteiger partial charge in [0.25, 0.3) is 11.5 Å². The fourth-order valence-electron chi connectivity index (χ4n) is 2.83. The first-order valence-electron chi connectivity index (χ1n) is 9.30. The molecule has 1 aromatic heterocycles. The number of benzene rings is 2. The average Bonchev–Trinajstić information content (AvgIpc) is 2.78. The van der Waals surface area contributed by atoms with Gasteiger partial charge in [-0.3, -0.25) is 14.4 Å². The molecule has 0 radical (unpaired) electrons. The molecule has 0 aliphatic rings. The lowest BCUT2D eigenvalue weighted by Crippen LogP contribution is -2.35. The Morgan fingerprint density at radius 2 is 1.83 bits per heavy atom. The summed E-state index contributed by atoms with van der Waals surface area (Å²) in [5, 5.41) is 17.0. The Bertz CT molecular complexity index is 1140. The minimum atomic E-state index is -0.640. The van der Waals surface area contributed by atoms with E-state index in [1.807, 2.05) is 12.1 Å². The number of hydrogen-bond acceptors (Lipinski definition) is 7. The molecule has 0 fully saturated rings. The number of aryl methyl sites for hydroxylation is 1. The molecule has 0 aliphatic heterocycles. The second-order valence-electron chi connectivity index (χ2n) is 6.33. The number of hydrogen-bond donors (Lipinski definition) is 0. The van der Waals surface area contributed by atoms with Gasteiger partial charge >= 0.3 is 5.97 Å². The number of fused-ring (bicyclic) bond motifs is 1. The average molecular weight is 405 g/mol. The van der Waals surface area contributed by atoms with E-state index in [-0.39, 0.29) is 31.5 Å². The van der Waals surface area contributed by atoms with Crippen molar-refractivity contribution < 1.29 is 14.3 Å². The predicted molar refractivity (Wildman–Crippen MR) is 108 cm³/mol. The third kappa shape index (κ3) is 5.05. The number of aromatic nitrogens is 3. The molecule has 1 heterocycles. The summed E-state index contributed by atoms with van der Waals surface area (Å²) in [5.41, 5.74) is 0.744. The maximum atomic E-state index is 12.5. The molecule has 2 aromatic carbocycles. The molecule has 9 heteroatoms. The van der Waals surface area contributed by atoms with Crippen LogP contribution in [0, 0.1) is 11.3 Å². The van der Waals surface area contributed by atoms with Crippen molar-refractivity contribution in [2.75, 3.05) is 18.1 Å². The Morgan fingerprint density at radius 1 is 1.10 bits per heavy atom. The predicted octanol–water partition coefficient (Wildman–Crippen LogP) is 1.67. The van der Waals surface area contributed by atoms with E-state index in [0.717, 1.165) is 4.68 Å². The topological polar surface area (TPSA) is 118 Å². The van der Waals surface area contributed by atoms with Gasteiger partial charge in [0, 0.05) is 12.2 Å². The number of para-hydroxylation sites is 1. The lowest BCUT2D eigenvalue weighted by molar-refractivity contribution is -0.148. The summed E-state index contributed by atoms with van der Waals surface area (Å²) in [5.74, 6) is -1.08. The molecule has 30 heavy (non-hydrogen) atoms. The van der Waals surface area contributed by atoms with Gasteiger partial charge in [-0.2, -0.15) is 5.26 Å². The van der Waals surface area contributed by atoms with Crippen molar-refractivity contribution in [2.24, 2.45) is 0 Å².